The Morgan fingerprint density at radius 1 is 1.18 bits per heavy atom. The van der Waals surface area contributed by atoms with E-state index in [-0.39, 0.29) is 17.1 Å². The molecule has 2 aromatic heterocycles. The molecule has 0 spiro atoms. The molecule has 5 N–H and O–H groups in total. The second-order valence-corrected chi connectivity index (χ2v) is 11.3. The van der Waals surface area contributed by atoms with Crippen molar-refractivity contribution in [1.29, 1.82) is 0 Å². The monoisotopic (exact) mass is 655 g/mol. The highest BCUT2D eigenvalue weighted by Crippen LogP contribution is 2.53. The summed E-state index contributed by atoms with van der Waals surface area (Å²) < 4.78 is 68.8. The van der Waals surface area contributed by atoms with Crippen molar-refractivity contribution in [3.63, 3.8) is 0 Å². The molecule has 21 nitrogen and oxygen atoms in total. The lowest BCUT2D eigenvalue weighted by Crippen LogP contribution is -2.49. The van der Waals surface area contributed by atoms with Gasteiger partial charge in [-0.05, 0) is 34.6 Å². The van der Waals surface area contributed by atoms with Gasteiger partial charge in [-0.1, -0.05) is 10.3 Å². The van der Waals surface area contributed by atoms with Crippen LogP contribution in [0.25, 0.3) is 11.2 Å². The summed E-state index contributed by atoms with van der Waals surface area (Å²) in [6.07, 6.45) is -6.87. The minimum Gasteiger partial charge on any atom is -0.432 e. The van der Waals surface area contributed by atoms with E-state index in [9.17, 15) is 29.2 Å². The number of hydrogen-bond donors (Lipinski definition) is 4. The average Bonchev–Trinajstić information content (AvgIpc) is 3.40. The molecular formula is C21H31FN7O14P. The fourth-order valence-corrected chi connectivity index (χ4v) is 4.51. The largest absolute Gasteiger partial charge is 0.510 e. The van der Waals surface area contributed by atoms with Crippen LogP contribution in [0, 0.1) is 0 Å². The van der Waals surface area contributed by atoms with Crippen LogP contribution in [0.1, 0.15) is 40.8 Å². The smallest absolute Gasteiger partial charge is 0.432 e. The van der Waals surface area contributed by atoms with Gasteiger partial charge in [0.1, 0.15) is 18.3 Å². The molecule has 246 valence electrons. The lowest BCUT2D eigenvalue weighted by Gasteiger charge is -2.28. The Kier molecular flexibility index (Phi) is 10.9. The second-order valence-electron chi connectivity index (χ2n) is 9.65. The molecule has 1 aliphatic rings. The van der Waals surface area contributed by atoms with Crippen LogP contribution in [-0.2, 0) is 41.8 Å². The van der Waals surface area contributed by atoms with E-state index in [4.69, 9.17) is 33.6 Å². The highest BCUT2D eigenvalue weighted by atomic mass is 31.2. The zero-order chi connectivity index (χ0) is 32.9. The number of nitrogens with one attached hydrogen (secondary N) is 1. The predicted octanol–water partition coefficient (Wildman–Crippen LogP) is 1.58. The van der Waals surface area contributed by atoms with Gasteiger partial charge in [0.15, 0.2) is 17.4 Å². The Hall–Kier alpha value is -3.79. The van der Waals surface area contributed by atoms with Gasteiger partial charge in [-0.2, -0.15) is 4.98 Å². The third kappa shape index (κ3) is 8.22. The minimum atomic E-state index is -4.99. The van der Waals surface area contributed by atoms with Gasteiger partial charge in [0.25, 0.3) is 17.4 Å². The Labute approximate surface area is 246 Å². The number of phosphoric ester groups is 1. The zero-order valence-electron chi connectivity index (χ0n) is 23.9. The summed E-state index contributed by atoms with van der Waals surface area (Å²) >= 11 is 0. The average molecular weight is 655 g/mol. The number of ether oxygens (including phenoxy) is 5. The number of nitrogens with two attached hydrogens (primary N) is 1. The van der Waals surface area contributed by atoms with Gasteiger partial charge in [-0.3, -0.25) is 18.9 Å². The second kappa shape index (κ2) is 13.9. The van der Waals surface area contributed by atoms with E-state index < -0.39 is 81.9 Å². The Bertz CT molecular complexity index is 1430. The number of nitrogens with zero attached hydrogens (tertiary/aromatic N) is 5. The van der Waals surface area contributed by atoms with Crippen LogP contribution < -0.4 is 11.4 Å². The van der Waals surface area contributed by atoms with E-state index in [2.05, 4.69) is 34.8 Å². The molecule has 2 aromatic rings. The molecule has 4 atom stereocenters. The maximum atomic E-state index is 16.1. The molecule has 1 aliphatic heterocycles. The van der Waals surface area contributed by atoms with Crippen molar-refractivity contribution < 1.29 is 66.0 Å². The van der Waals surface area contributed by atoms with Crippen LogP contribution in [0.15, 0.2) is 21.5 Å². The van der Waals surface area contributed by atoms with Crippen molar-refractivity contribution in [2.75, 3.05) is 20.2 Å². The summed E-state index contributed by atoms with van der Waals surface area (Å²) in [5, 5.41) is 28.2. The first-order valence-corrected chi connectivity index (χ1v) is 14.0. The lowest BCUT2D eigenvalue weighted by atomic mass is 9.95. The van der Waals surface area contributed by atoms with Crippen LogP contribution in [0.3, 0.4) is 0 Å². The number of imidazole rings is 1. The van der Waals surface area contributed by atoms with Crippen molar-refractivity contribution in [2.24, 2.45) is 16.2 Å². The molecule has 23 heteroatoms. The number of aromatic amines is 1. The molecule has 0 aliphatic carbocycles. The number of aromatic nitrogens is 4. The van der Waals surface area contributed by atoms with Crippen molar-refractivity contribution in [1.82, 2.24) is 19.5 Å². The molecule has 3 rings (SSSR count). The fourth-order valence-electron chi connectivity index (χ4n) is 3.59. The van der Waals surface area contributed by atoms with Crippen molar-refractivity contribution in [3.05, 3.63) is 16.7 Å². The molecule has 0 amide bonds. The molecule has 0 unspecified atom stereocenters. The number of carbonyl (C=O) groups is 2. The summed E-state index contributed by atoms with van der Waals surface area (Å²) in [5.41, 5.74) is -3.81. The van der Waals surface area contributed by atoms with E-state index >= 15 is 4.39 Å². The van der Waals surface area contributed by atoms with E-state index in [1.807, 2.05) is 0 Å². The Morgan fingerprint density at radius 3 is 2.27 bits per heavy atom. The maximum absolute atomic E-state index is 16.1. The normalized spacial score (nSPS) is 24.0. The first kappa shape index (κ1) is 34.7. The summed E-state index contributed by atoms with van der Waals surface area (Å²) in [7, 11) is -4.99. The zero-order valence-corrected chi connectivity index (χ0v) is 24.8. The number of alkyl halides is 1. The van der Waals surface area contributed by atoms with E-state index in [0.29, 0.717) is 0 Å². The standard InChI is InChI=1S/C21H31FN7O14P/c1-10(2)41-18(32)36-8-39-44(35,40-9-37-19(33)42-11(3)4)38-6-21(22)15(31)20(5,34)16(43-21)29-7-24-12-13(29)25-17(27-28-23)26-14(12)30/h7,10-11,15-16,31,34H,6,8-9H2,1-5H3,(H3,23,25,26,27,30)/t15-,16+,20+,21+/m0/s1. The number of rotatable bonds is 13. The highest BCUT2D eigenvalue weighted by Gasteiger charge is 2.64. The fraction of sp³-hybridized carbons (Fsp3) is 0.667. The van der Waals surface area contributed by atoms with Crippen molar-refractivity contribution >= 4 is 37.2 Å². The quantitative estimate of drug-likeness (QED) is 0.0595. The number of aliphatic hydroxyl groups is 2. The number of H-pyrrole nitrogens is 1. The summed E-state index contributed by atoms with van der Waals surface area (Å²) in [5.74, 6) is 1.28. The highest BCUT2D eigenvalue weighted by molar-refractivity contribution is 7.48. The molecule has 0 aromatic carbocycles. The van der Waals surface area contributed by atoms with Crippen LogP contribution in [0.5, 0.6) is 0 Å². The van der Waals surface area contributed by atoms with E-state index in [1.165, 1.54) is 27.7 Å². The van der Waals surface area contributed by atoms with Gasteiger partial charge >= 0.3 is 20.1 Å². The Morgan fingerprint density at radius 2 is 1.75 bits per heavy atom. The van der Waals surface area contributed by atoms with Crippen molar-refractivity contribution in [2.45, 2.75) is 70.6 Å². The van der Waals surface area contributed by atoms with Crippen LogP contribution in [-0.4, -0.2) is 92.0 Å². The third-order valence-corrected chi connectivity index (χ3v) is 6.74. The molecule has 0 bridgehead atoms. The molecule has 1 saturated heterocycles. The first-order chi connectivity index (χ1) is 20.5. The molecule has 3 heterocycles. The van der Waals surface area contributed by atoms with Crippen LogP contribution in [0.4, 0.5) is 19.9 Å². The third-order valence-electron chi connectivity index (χ3n) is 5.45. The molecule has 0 saturated carbocycles. The van der Waals surface area contributed by atoms with Crippen molar-refractivity contribution in [3.8, 4) is 0 Å². The van der Waals surface area contributed by atoms with Gasteiger partial charge in [-0.15, -0.1) is 0 Å². The molecule has 0 radical (unpaired) electrons. The molecular weight excluding hydrogens is 624 g/mol. The van der Waals surface area contributed by atoms with Crippen LogP contribution in [0.2, 0.25) is 0 Å². The van der Waals surface area contributed by atoms with Gasteiger partial charge in [0.05, 0.1) is 18.5 Å². The molecule has 44 heavy (non-hydrogen) atoms. The molecule has 1 fully saturated rings. The maximum Gasteiger partial charge on any atom is 0.510 e. The number of carbonyl (C=O) groups excluding carboxylic acids is 2. The summed E-state index contributed by atoms with van der Waals surface area (Å²) in [6.45, 7) is 3.41. The summed E-state index contributed by atoms with van der Waals surface area (Å²) in [6, 6.07) is 0. The number of hydrogen-bond acceptors (Lipinski definition) is 18. The van der Waals surface area contributed by atoms with E-state index in [0.717, 1.165) is 17.8 Å². The van der Waals surface area contributed by atoms with E-state index in [1.54, 1.807) is 0 Å². The minimum absolute atomic E-state index is 0.271. The lowest BCUT2D eigenvalue weighted by molar-refractivity contribution is -0.205. The van der Waals surface area contributed by atoms with Gasteiger partial charge in [-0.25, -0.2) is 32.6 Å². The Balaban J connectivity index is 1.81. The van der Waals surface area contributed by atoms with Gasteiger partial charge < -0.3 is 39.7 Å². The van der Waals surface area contributed by atoms with Gasteiger partial charge in [0, 0.05) is 0 Å². The number of halogens is 1. The summed E-state index contributed by atoms with van der Waals surface area (Å²) in [4.78, 5) is 45.7. The number of fused-ring (bicyclic) bond motifs is 1. The number of phosphoric acid groups is 1. The first-order valence-electron chi connectivity index (χ1n) is 12.6. The predicted molar refractivity (Wildman–Crippen MR) is 138 cm³/mol. The topological polar surface area (TPSA) is 280 Å². The SMILES string of the molecule is CC(C)OC(=O)OCOP(=O)(OCOC(=O)OC(C)C)OC[C@@]1(F)O[C@@H](n2cnc3c(=O)[nH]c(N=NN)nc32)[C@](C)(O)[C@@H]1O. The van der Waals surface area contributed by atoms with Gasteiger partial charge in [0.2, 0.25) is 13.6 Å². The van der Waals surface area contributed by atoms with Crippen LogP contribution >= 0.6 is 7.82 Å². The number of aliphatic hydroxyl groups excluding tert-OH is 1.